The lowest BCUT2D eigenvalue weighted by atomic mass is 9.94. The van der Waals surface area contributed by atoms with Crippen molar-refractivity contribution in [3.05, 3.63) is 76.6 Å². The number of ketones is 1. The lowest BCUT2D eigenvalue weighted by Crippen LogP contribution is -2.38. The lowest BCUT2D eigenvalue weighted by Gasteiger charge is -2.29. The van der Waals surface area contributed by atoms with Gasteiger partial charge in [0, 0.05) is 31.7 Å². The molecule has 1 atom stereocenters. The Morgan fingerprint density at radius 3 is 2.33 bits per heavy atom. The first kappa shape index (κ1) is 23.1. The van der Waals surface area contributed by atoms with Gasteiger partial charge in [-0.1, -0.05) is 31.2 Å². The zero-order valence-electron chi connectivity index (χ0n) is 18.8. The maximum Gasteiger partial charge on any atom is 0.295 e. The molecular weight excluding hydrogens is 423 g/mol. The first-order valence-electron chi connectivity index (χ1n) is 11.4. The number of carbonyl (C=O) groups is 2. The summed E-state index contributed by atoms with van der Waals surface area (Å²) in [6.07, 6.45) is 1.57. The van der Waals surface area contributed by atoms with E-state index in [1.54, 1.807) is 4.90 Å². The predicted molar refractivity (Wildman–Crippen MR) is 123 cm³/mol. The molecule has 7 heteroatoms. The Bertz CT molecular complexity index is 1030. The Hall–Kier alpha value is -3.03. The number of likely N-dealkylation sites (tertiary alicyclic amines) is 1. The first-order valence-corrected chi connectivity index (χ1v) is 11.4. The minimum Gasteiger partial charge on any atom is -0.507 e. The molecule has 0 aromatic heterocycles. The molecule has 2 saturated heterocycles. The van der Waals surface area contributed by atoms with Crippen molar-refractivity contribution < 1.29 is 23.8 Å². The van der Waals surface area contributed by atoms with E-state index in [4.69, 9.17) is 4.74 Å². The summed E-state index contributed by atoms with van der Waals surface area (Å²) < 4.78 is 18.8. The van der Waals surface area contributed by atoms with Crippen LogP contribution in [0.5, 0.6) is 0 Å². The molecule has 4 rings (SSSR count). The van der Waals surface area contributed by atoms with Gasteiger partial charge in [0.25, 0.3) is 11.7 Å². The van der Waals surface area contributed by atoms with E-state index in [1.807, 2.05) is 24.3 Å². The molecule has 2 aromatic rings. The van der Waals surface area contributed by atoms with Gasteiger partial charge >= 0.3 is 0 Å². The summed E-state index contributed by atoms with van der Waals surface area (Å²) >= 11 is 0. The minimum atomic E-state index is -0.715. The van der Waals surface area contributed by atoms with E-state index in [0.717, 1.165) is 37.2 Å². The zero-order chi connectivity index (χ0) is 23.4. The van der Waals surface area contributed by atoms with Gasteiger partial charge in [-0.05, 0) is 48.2 Å². The number of morpholine rings is 1. The van der Waals surface area contributed by atoms with E-state index in [9.17, 15) is 19.1 Å². The second-order valence-corrected chi connectivity index (χ2v) is 8.40. The molecule has 6 nitrogen and oxygen atoms in total. The Labute approximate surface area is 193 Å². The molecule has 174 valence electrons. The fraction of sp³-hybridized carbons (Fsp3) is 0.385. The third kappa shape index (κ3) is 4.99. The highest BCUT2D eigenvalue weighted by atomic mass is 19.1. The molecule has 2 heterocycles. The molecule has 2 aliphatic heterocycles. The van der Waals surface area contributed by atoms with E-state index in [0.29, 0.717) is 31.7 Å². The Morgan fingerprint density at radius 2 is 1.70 bits per heavy atom. The molecule has 2 aromatic carbocycles. The number of Topliss-reactive ketones (excluding diaryl/α,β-unsaturated/α-hetero) is 1. The predicted octanol–water partition coefficient (Wildman–Crippen LogP) is 3.53. The van der Waals surface area contributed by atoms with Crippen molar-refractivity contribution in [2.45, 2.75) is 25.8 Å². The van der Waals surface area contributed by atoms with Crippen molar-refractivity contribution in [2.75, 3.05) is 39.4 Å². The molecule has 33 heavy (non-hydrogen) atoms. The summed E-state index contributed by atoms with van der Waals surface area (Å²) in [5.74, 6) is -2.06. The van der Waals surface area contributed by atoms with Crippen molar-refractivity contribution in [3.63, 3.8) is 0 Å². The van der Waals surface area contributed by atoms with Gasteiger partial charge < -0.3 is 14.7 Å². The van der Waals surface area contributed by atoms with Crippen LogP contribution in [-0.4, -0.2) is 66.0 Å². The number of rotatable bonds is 7. The number of hydrogen-bond donors (Lipinski definition) is 1. The van der Waals surface area contributed by atoms with Gasteiger partial charge in [0.05, 0.1) is 24.8 Å². The molecule has 2 fully saturated rings. The maximum atomic E-state index is 13.4. The van der Waals surface area contributed by atoms with Crippen LogP contribution in [0.15, 0.2) is 54.1 Å². The fourth-order valence-corrected chi connectivity index (χ4v) is 4.45. The molecule has 1 N–H and O–H groups in total. The average molecular weight is 453 g/mol. The van der Waals surface area contributed by atoms with Crippen LogP contribution in [0.1, 0.15) is 36.1 Å². The summed E-state index contributed by atoms with van der Waals surface area (Å²) in [7, 11) is 0. The van der Waals surface area contributed by atoms with Crippen LogP contribution < -0.4 is 0 Å². The molecular formula is C26H29FN2O4. The van der Waals surface area contributed by atoms with Crippen LogP contribution in [0.2, 0.25) is 0 Å². The van der Waals surface area contributed by atoms with Gasteiger partial charge in [-0.3, -0.25) is 14.5 Å². The van der Waals surface area contributed by atoms with Gasteiger partial charge in [0.1, 0.15) is 11.6 Å². The molecule has 0 bridgehead atoms. The van der Waals surface area contributed by atoms with Gasteiger partial charge in [-0.2, -0.15) is 0 Å². The monoisotopic (exact) mass is 452 g/mol. The smallest absolute Gasteiger partial charge is 0.295 e. The summed E-state index contributed by atoms with van der Waals surface area (Å²) in [5, 5.41) is 11.0. The largest absolute Gasteiger partial charge is 0.507 e. The minimum absolute atomic E-state index is 0.0437. The second-order valence-electron chi connectivity index (χ2n) is 8.40. The summed E-state index contributed by atoms with van der Waals surface area (Å²) in [6, 6.07) is 12.3. The number of aliphatic hydroxyl groups is 1. The van der Waals surface area contributed by atoms with E-state index in [-0.39, 0.29) is 11.3 Å². The quantitative estimate of drug-likeness (QED) is 0.395. The number of hydrogen-bond acceptors (Lipinski definition) is 5. The van der Waals surface area contributed by atoms with Gasteiger partial charge in [0.2, 0.25) is 0 Å². The highest BCUT2D eigenvalue weighted by Gasteiger charge is 2.45. The number of nitrogens with zero attached hydrogens (tertiary/aromatic N) is 2. The lowest BCUT2D eigenvalue weighted by molar-refractivity contribution is -0.140. The van der Waals surface area contributed by atoms with Gasteiger partial charge in [0.15, 0.2) is 0 Å². The molecule has 1 amide bonds. The number of halogens is 1. The third-order valence-electron chi connectivity index (χ3n) is 6.34. The van der Waals surface area contributed by atoms with Crippen LogP contribution >= 0.6 is 0 Å². The van der Waals surface area contributed by atoms with Crippen molar-refractivity contribution >= 4 is 17.4 Å². The van der Waals surface area contributed by atoms with Crippen LogP contribution in [-0.2, 0) is 20.7 Å². The zero-order valence-corrected chi connectivity index (χ0v) is 18.8. The van der Waals surface area contributed by atoms with Gasteiger partial charge in [-0.25, -0.2) is 4.39 Å². The Kier molecular flexibility index (Phi) is 7.20. The molecule has 0 radical (unpaired) electrons. The highest BCUT2D eigenvalue weighted by molar-refractivity contribution is 6.46. The summed E-state index contributed by atoms with van der Waals surface area (Å²) in [6.45, 7) is 6.35. The number of benzene rings is 2. The number of amides is 1. The first-order chi connectivity index (χ1) is 16.0. The number of aliphatic hydroxyl groups excluding tert-OH is 1. The van der Waals surface area contributed by atoms with E-state index in [1.165, 1.54) is 24.3 Å². The van der Waals surface area contributed by atoms with Crippen molar-refractivity contribution in [2.24, 2.45) is 0 Å². The van der Waals surface area contributed by atoms with Crippen molar-refractivity contribution in [3.8, 4) is 0 Å². The topological polar surface area (TPSA) is 70.1 Å². The standard InChI is InChI=1S/C26H29FN2O4/c1-2-18-4-6-19(7-5-18)23-22(24(30)20-8-10-21(27)11-9-20)25(31)26(32)29(23)13-3-12-28-14-16-33-17-15-28/h4-11,23,30H,2-3,12-17H2,1H3/t23-/m1/s1. The highest BCUT2D eigenvalue weighted by Crippen LogP contribution is 2.39. The number of aryl methyl sites for hydroxylation is 1. The van der Waals surface area contributed by atoms with Gasteiger partial charge in [-0.15, -0.1) is 0 Å². The SMILES string of the molecule is CCc1ccc([C@@H]2C(=C(O)c3ccc(F)cc3)C(=O)C(=O)N2CCCN2CCOCC2)cc1. The second kappa shape index (κ2) is 10.3. The normalized spacial score (nSPS) is 21.0. The van der Waals surface area contributed by atoms with Crippen molar-refractivity contribution in [1.29, 1.82) is 0 Å². The van der Waals surface area contributed by atoms with E-state index >= 15 is 0 Å². The molecule has 0 aliphatic carbocycles. The third-order valence-corrected chi connectivity index (χ3v) is 6.34. The fourth-order valence-electron chi connectivity index (χ4n) is 4.45. The van der Waals surface area contributed by atoms with E-state index < -0.39 is 23.5 Å². The van der Waals surface area contributed by atoms with E-state index in [2.05, 4.69) is 11.8 Å². The number of ether oxygens (including phenoxy) is 1. The average Bonchev–Trinajstić information content (AvgIpc) is 3.10. The molecule has 0 spiro atoms. The molecule has 2 aliphatic rings. The molecule has 0 saturated carbocycles. The maximum absolute atomic E-state index is 13.4. The van der Waals surface area contributed by atoms with Crippen LogP contribution in [0.3, 0.4) is 0 Å². The Balaban J connectivity index is 1.66. The van der Waals surface area contributed by atoms with Crippen LogP contribution in [0.25, 0.3) is 5.76 Å². The number of carbonyl (C=O) groups excluding carboxylic acids is 2. The Morgan fingerprint density at radius 1 is 1.03 bits per heavy atom. The van der Waals surface area contributed by atoms with Crippen LogP contribution in [0.4, 0.5) is 4.39 Å². The molecule has 0 unspecified atom stereocenters. The summed E-state index contributed by atoms with van der Waals surface area (Å²) in [4.78, 5) is 29.9. The van der Waals surface area contributed by atoms with Crippen LogP contribution in [0, 0.1) is 5.82 Å². The summed E-state index contributed by atoms with van der Waals surface area (Å²) in [5.41, 5.74) is 2.25. The van der Waals surface area contributed by atoms with Crippen molar-refractivity contribution in [1.82, 2.24) is 9.80 Å².